The van der Waals surface area contributed by atoms with Gasteiger partial charge in [-0.1, -0.05) is 0 Å². The molecule has 210 valence electrons. The number of aliphatic hydroxyl groups is 1. The van der Waals surface area contributed by atoms with Gasteiger partial charge in [0.15, 0.2) is 34.7 Å². The van der Waals surface area contributed by atoms with Gasteiger partial charge in [-0.2, -0.15) is 0 Å². The second-order valence-electron chi connectivity index (χ2n) is 10.9. The number of benzene rings is 1. The number of phenols is 1. The number of nitrogens with one attached hydrogen (secondary N) is 1. The maximum Gasteiger partial charge on any atom is 0.317 e. The number of carboxylic acids is 1. The molecule has 13 heteroatoms. The molecule has 6 atom stereocenters. The summed E-state index contributed by atoms with van der Waals surface area (Å²) in [7, 11) is 6.51. The van der Waals surface area contributed by atoms with E-state index in [1.807, 2.05) is 0 Å². The zero-order valence-electron chi connectivity index (χ0n) is 22.1. The molecule has 0 bridgehead atoms. The number of carbonyl (C=O) groups is 6. The predicted molar refractivity (Wildman–Crippen MR) is 135 cm³/mol. The number of fused-ring (bicyclic) bond motifs is 3. The van der Waals surface area contributed by atoms with E-state index in [4.69, 9.17) is 10.8 Å². The zero-order valence-corrected chi connectivity index (χ0v) is 22.1. The molecule has 0 spiro atoms. The van der Waals surface area contributed by atoms with Gasteiger partial charge in [0.2, 0.25) is 5.91 Å². The van der Waals surface area contributed by atoms with E-state index in [1.54, 1.807) is 25.1 Å². The van der Waals surface area contributed by atoms with Gasteiger partial charge in [0.05, 0.1) is 24.1 Å². The highest BCUT2D eigenvalue weighted by atomic mass is 16.4. The van der Waals surface area contributed by atoms with Crippen molar-refractivity contribution in [2.45, 2.75) is 31.0 Å². The molecular weight excluding hydrogens is 512 g/mol. The third kappa shape index (κ3) is 4.21. The molecule has 6 N–H and O–H groups in total. The summed E-state index contributed by atoms with van der Waals surface area (Å²) in [6, 6.07) is 0.460. The van der Waals surface area contributed by atoms with Crippen LogP contribution in [0.4, 0.5) is 5.69 Å². The number of nitrogens with zero attached hydrogens (tertiary/aromatic N) is 2. The van der Waals surface area contributed by atoms with Crippen molar-refractivity contribution in [1.29, 1.82) is 0 Å². The maximum absolute atomic E-state index is 13.9. The van der Waals surface area contributed by atoms with Crippen molar-refractivity contribution >= 4 is 40.7 Å². The lowest BCUT2D eigenvalue weighted by atomic mass is 9.52. The summed E-state index contributed by atoms with van der Waals surface area (Å²) >= 11 is 0. The molecule has 13 nitrogen and oxygen atoms in total. The number of hydrogen-bond acceptors (Lipinski definition) is 11. The second kappa shape index (κ2) is 9.81. The Balaban J connectivity index is 1.85. The number of rotatable bonds is 7. The fourth-order valence-electron chi connectivity index (χ4n) is 6.54. The minimum atomic E-state index is -2.79. The highest BCUT2D eigenvalue weighted by Crippen LogP contribution is 2.52. The third-order valence-electron chi connectivity index (χ3n) is 8.19. The van der Waals surface area contributed by atoms with Gasteiger partial charge >= 0.3 is 5.97 Å². The Kier molecular flexibility index (Phi) is 7.13. The van der Waals surface area contributed by atoms with Crippen LogP contribution in [0.15, 0.2) is 6.07 Å². The molecular formula is C26H32N4O9. The first kappa shape index (κ1) is 28.3. The topological polar surface area (TPSA) is 208 Å². The first-order valence-corrected chi connectivity index (χ1v) is 12.5. The molecule has 0 radical (unpaired) electrons. The molecule has 2 fully saturated rings. The number of phenolic OH excluding ortho intramolecular Hbond substituents is 1. The van der Waals surface area contributed by atoms with E-state index in [1.165, 1.54) is 19.0 Å². The van der Waals surface area contributed by atoms with E-state index in [0.717, 1.165) is 0 Å². The number of anilines is 1. The van der Waals surface area contributed by atoms with Crippen LogP contribution in [0, 0.1) is 23.7 Å². The van der Waals surface area contributed by atoms with Gasteiger partial charge in [-0.25, -0.2) is 0 Å². The summed E-state index contributed by atoms with van der Waals surface area (Å²) < 4.78 is 0. The Morgan fingerprint density at radius 3 is 2.31 bits per heavy atom. The van der Waals surface area contributed by atoms with Crippen LogP contribution in [0.3, 0.4) is 0 Å². The summed E-state index contributed by atoms with van der Waals surface area (Å²) in [5.74, 6) is -12.3. The third-order valence-corrected chi connectivity index (χ3v) is 8.19. The first-order chi connectivity index (χ1) is 18.1. The molecule has 3 aliphatic rings. The van der Waals surface area contributed by atoms with Gasteiger partial charge in [0.25, 0.3) is 0 Å². The van der Waals surface area contributed by atoms with E-state index in [-0.39, 0.29) is 30.5 Å². The Bertz CT molecular complexity index is 1310. The predicted octanol–water partition coefficient (Wildman–Crippen LogP) is -1.89. The summed E-state index contributed by atoms with van der Waals surface area (Å²) in [5.41, 5.74) is 3.66. The Hall–Kier alpha value is -3.68. The van der Waals surface area contributed by atoms with E-state index >= 15 is 0 Å². The highest BCUT2D eigenvalue weighted by molar-refractivity contribution is 6.32. The molecule has 2 unspecified atom stereocenters. The average Bonchev–Trinajstić information content (AvgIpc) is 2.81. The van der Waals surface area contributed by atoms with Gasteiger partial charge in [-0.05, 0) is 44.5 Å². The molecule has 2 saturated carbocycles. The summed E-state index contributed by atoms with van der Waals surface area (Å²) in [4.78, 5) is 80.5. The smallest absolute Gasteiger partial charge is 0.317 e. The van der Waals surface area contributed by atoms with Crippen molar-refractivity contribution in [2.75, 3.05) is 39.6 Å². The van der Waals surface area contributed by atoms with Gasteiger partial charge in [-0.15, -0.1) is 0 Å². The second-order valence-corrected chi connectivity index (χ2v) is 10.9. The Morgan fingerprint density at radius 2 is 1.77 bits per heavy atom. The van der Waals surface area contributed by atoms with Crippen molar-refractivity contribution in [3.05, 3.63) is 22.8 Å². The summed E-state index contributed by atoms with van der Waals surface area (Å²) in [6.45, 7) is -0.479. The molecule has 3 aliphatic carbocycles. The number of carboxylic acid groups (broad SMARTS) is 1. The molecule has 39 heavy (non-hydrogen) atoms. The van der Waals surface area contributed by atoms with Crippen LogP contribution in [0.5, 0.6) is 5.75 Å². The largest absolute Gasteiger partial charge is 0.507 e. The van der Waals surface area contributed by atoms with Crippen molar-refractivity contribution < 1.29 is 44.1 Å². The first-order valence-electron chi connectivity index (χ1n) is 12.5. The number of ketones is 4. The van der Waals surface area contributed by atoms with Crippen LogP contribution in [-0.4, -0.2) is 102 Å². The standard InChI is InChI=1S/C26H32N4O9/c1-29(2)14-7-11(8-28-9-15(31)32)20(33)17-12(14)5-10-6-13-19(30(3)4)22(35)18(25(27)38)24(37)26(13,39)23(36)16(10)21(17)34/h7,10,13,16,18-19,28,33,39H,5-6,8-9H2,1-4H3,(H2,27,38)(H,31,32)/t10-,13-,16?,18?,19-,26-/m0/s1. The average molecular weight is 545 g/mol. The number of aromatic hydroxyl groups is 1. The number of aliphatic carboxylic acids is 1. The lowest BCUT2D eigenvalue weighted by molar-refractivity contribution is -0.181. The number of carbonyl (C=O) groups excluding carboxylic acids is 5. The number of amides is 1. The number of nitrogens with two attached hydrogens (primary N) is 1. The maximum atomic E-state index is 13.9. The normalized spacial score (nSPS) is 30.1. The fraction of sp³-hybridized carbons (Fsp3) is 0.538. The SMILES string of the molecule is CN(C)c1cc(CNCC(=O)O)c(O)c2c1C[C@H]1C[C@H]3[C@H](N(C)C)C(=O)C(C(N)=O)C(=O)[C@@]3(O)C(=O)C1C2=O. The minimum Gasteiger partial charge on any atom is -0.507 e. The molecule has 0 aromatic heterocycles. The van der Waals surface area contributed by atoms with Gasteiger partial charge in [0.1, 0.15) is 5.75 Å². The van der Waals surface area contributed by atoms with Crippen LogP contribution in [0.25, 0.3) is 0 Å². The van der Waals surface area contributed by atoms with Crippen LogP contribution in [0.2, 0.25) is 0 Å². The highest BCUT2D eigenvalue weighted by Gasteiger charge is 2.69. The van der Waals surface area contributed by atoms with Crippen LogP contribution in [-0.2, 0) is 36.9 Å². The van der Waals surface area contributed by atoms with E-state index in [9.17, 15) is 39.0 Å². The molecule has 0 aliphatic heterocycles. The zero-order chi connectivity index (χ0) is 29.1. The van der Waals surface area contributed by atoms with Crippen molar-refractivity contribution in [3.63, 3.8) is 0 Å². The Labute approximate surface area is 223 Å². The number of likely N-dealkylation sites (N-methyl/N-ethyl adjacent to an activating group) is 1. The van der Waals surface area contributed by atoms with Gasteiger partial charge in [-0.3, -0.25) is 33.7 Å². The molecule has 0 saturated heterocycles. The fourth-order valence-corrected chi connectivity index (χ4v) is 6.54. The monoisotopic (exact) mass is 544 g/mol. The quantitative estimate of drug-likeness (QED) is 0.239. The van der Waals surface area contributed by atoms with Crippen LogP contribution < -0.4 is 16.0 Å². The molecule has 1 aromatic carbocycles. The van der Waals surface area contributed by atoms with Crippen molar-refractivity contribution in [3.8, 4) is 5.75 Å². The number of Topliss-reactive ketones (excluding diaryl/α,β-unsaturated/α-hetero) is 4. The van der Waals surface area contributed by atoms with Crippen LogP contribution >= 0.6 is 0 Å². The lowest BCUT2D eigenvalue weighted by Crippen LogP contribution is -2.74. The molecule has 1 aromatic rings. The van der Waals surface area contributed by atoms with Gasteiger partial charge < -0.3 is 31.3 Å². The molecule has 0 heterocycles. The van der Waals surface area contributed by atoms with E-state index < -0.39 is 82.6 Å². The van der Waals surface area contributed by atoms with E-state index in [2.05, 4.69) is 5.32 Å². The van der Waals surface area contributed by atoms with Gasteiger partial charge in [0, 0.05) is 37.8 Å². The Morgan fingerprint density at radius 1 is 1.13 bits per heavy atom. The van der Waals surface area contributed by atoms with Crippen molar-refractivity contribution in [1.82, 2.24) is 10.2 Å². The van der Waals surface area contributed by atoms with E-state index in [0.29, 0.717) is 11.3 Å². The van der Waals surface area contributed by atoms with Crippen molar-refractivity contribution in [2.24, 2.45) is 29.4 Å². The number of hydrogen-bond donors (Lipinski definition) is 5. The minimum absolute atomic E-state index is 0.0422. The molecule has 1 amide bonds. The summed E-state index contributed by atoms with van der Waals surface area (Å²) in [6.07, 6.45) is 0.0925. The number of primary amides is 1. The molecule has 4 rings (SSSR count). The summed E-state index contributed by atoms with van der Waals surface area (Å²) in [5, 5.41) is 34.3. The van der Waals surface area contributed by atoms with Crippen LogP contribution in [0.1, 0.15) is 27.9 Å². The lowest BCUT2D eigenvalue weighted by Gasteiger charge is -2.52.